The highest BCUT2D eigenvalue weighted by molar-refractivity contribution is 6.30. The summed E-state index contributed by atoms with van der Waals surface area (Å²) in [5, 5.41) is 0.669. The number of likely N-dealkylation sites (tertiary alicyclic amines) is 2. The summed E-state index contributed by atoms with van der Waals surface area (Å²) in [4.78, 5) is 33.9. The van der Waals surface area contributed by atoms with Gasteiger partial charge in [0, 0.05) is 48.7 Å². The van der Waals surface area contributed by atoms with Crippen molar-refractivity contribution in [1.82, 2.24) is 14.7 Å². The third kappa shape index (κ3) is 6.51. The molecule has 2 saturated heterocycles. The lowest BCUT2D eigenvalue weighted by Crippen LogP contribution is -2.56. The van der Waals surface area contributed by atoms with Crippen LogP contribution in [0.4, 0.5) is 8.78 Å². The summed E-state index contributed by atoms with van der Waals surface area (Å²) in [6, 6.07) is 7.49. The largest absolute Gasteiger partial charge is 0.340 e. The molecule has 3 fully saturated rings. The van der Waals surface area contributed by atoms with Crippen LogP contribution in [0.2, 0.25) is 5.02 Å². The van der Waals surface area contributed by atoms with Gasteiger partial charge in [-0.25, -0.2) is 8.78 Å². The van der Waals surface area contributed by atoms with E-state index in [1.54, 1.807) is 4.90 Å². The van der Waals surface area contributed by atoms with Gasteiger partial charge in [-0.15, -0.1) is 0 Å². The number of rotatable bonds is 6. The summed E-state index contributed by atoms with van der Waals surface area (Å²) < 4.78 is 28.1. The highest BCUT2D eigenvalue weighted by Gasteiger charge is 2.49. The van der Waals surface area contributed by atoms with Crippen LogP contribution in [0, 0.1) is 16.7 Å². The number of halogens is 3. The number of carbonyl (C=O) groups is 2. The molecule has 1 saturated carbocycles. The molecule has 5 nitrogen and oxygen atoms in total. The van der Waals surface area contributed by atoms with Crippen LogP contribution in [0.1, 0.15) is 92.1 Å². The minimum atomic E-state index is -2.75. The van der Waals surface area contributed by atoms with Crippen LogP contribution in [-0.2, 0) is 9.59 Å². The van der Waals surface area contributed by atoms with Gasteiger partial charge in [-0.1, -0.05) is 37.6 Å². The van der Waals surface area contributed by atoms with Crippen molar-refractivity contribution >= 4 is 23.4 Å². The van der Waals surface area contributed by atoms with E-state index in [0.29, 0.717) is 31.1 Å². The molecule has 0 spiro atoms. The number of benzene rings is 1. The zero-order valence-electron chi connectivity index (χ0n) is 25.4. The molecular weight excluding hydrogens is 532 g/mol. The molecular formula is C32H48ClF2N3O2. The molecule has 40 heavy (non-hydrogen) atoms. The summed E-state index contributed by atoms with van der Waals surface area (Å²) in [5.41, 5.74) is -0.542. The SMILES string of the molecule is CC1(C)CCC(N(C(=O)C(C)(C)C(F)F)C2CCN(C(=O)[C@@H]3CN(C(C)(C)C)C[C@H]3c3ccc(Cl)cc3)C2)CC1. The van der Waals surface area contributed by atoms with E-state index in [9.17, 15) is 18.4 Å². The van der Waals surface area contributed by atoms with Gasteiger partial charge in [-0.05, 0) is 89.8 Å². The summed E-state index contributed by atoms with van der Waals surface area (Å²) in [6.07, 6.45) is 1.41. The maximum Gasteiger partial charge on any atom is 0.252 e. The average Bonchev–Trinajstić information content (AvgIpc) is 3.53. The van der Waals surface area contributed by atoms with Gasteiger partial charge < -0.3 is 9.80 Å². The molecule has 0 aromatic heterocycles. The van der Waals surface area contributed by atoms with Crippen molar-refractivity contribution in [2.75, 3.05) is 26.2 Å². The second-order valence-electron chi connectivity index (χ2n) is 14.7. The molecule has 3 atom stereocenters. The van der Waals surface area contributed by atoms with Crippen LogP contribution in [0.3, 0.4) is 0 Å². The van der Waals surface area contributed by atoms with Crippen molar-refractivity contribution in [3.8, 4) is 0 Å². The quantitative estimate of drug-likeness (QED) is 0.370. The van der Waals surface area contributed by atoms with Crippen LogP contribution in [0.15, 0.2) is 24.3 Å². The van der Waals surface area contributed by atoms with Gasteiger partial charge in [-0.3, -0.25) is 14.5 Å². The topological polar surface area (TPSA) is 43.9 Å². The monoisotopic (exact) mass is 579 g/mol. The Bertz CT molecular complexity index is 1060. The maximum absolute atomic E-state index is 14.1. The van der Waals surface area contributed by atoms with E-state index < -0.39 is 17.7 Å². The smallest absolute Gasteiger partial charge is 0.252 e. The molecule has 2 amide bonds. The van der Waals surface area contributed by atoms with Gasteiger partial charge in [0.1, 0.15) is 5.41 Å². The number of alkyl halides is 2. The van der Waals surface area contributed by atoms with Crippen molar-refractivity contribution in [3.63, 3.8) is 0 Å². The van der Waals surface area contributed by atoms with Crippen LogP contribution in [-0.4, -0.2) is 76.7 Å². The van der Waals surface area contributed by atoms with Crippen LogP contribution in [0.25, 0.3) is 0 Å². The minimum Gasteiger partial charge on any atom is -0.340 e. The lowest BCUT2D eigenvalue weighted by Gasteiger charge is -2.45. The predicted octanol–water partition coefficient (Wildman–Crippen LogP) is 6.84. The number of nitrogens with zero attached hydrogens (tertiary/aromatic N) is 3. The molecule has 8 heteroatoms. The molecule has 2 aliphatic heterocycles. The summed E-state index contributed by atoms with van der Waals surface area (Å²) in [7, 11) is 0. The molecule has 0 N–H and O–H groups in total. The molecule has 0 radical (unpaired) electrons. The number of carbonyl (C=O) groups excluding carboxylic acids is 2. The first kappa shape index (κ1) is 31.2. The van der Waals surface area contributed by atoms with E-state index in [1.165, 1.54) is 13.8 Å². The van der Waals surface area contributed by atoms with Gasteiger partial charge in [0.25, 0.3) is 6.43 Å². The molecule has 1 aromatic rings. The second kappa shape index (κ2) is 11.5. The first-order valence-electron chi connectivity index (χ1n) is 14.9. The number of hydrogen-bond acceptors (Lipinski definition) is 3. The molecule has 1 aromatic carbocycles. The van der Waals surface area contributed by atoms with Crippen molar-refractivity contribution < 1.29 is 18.4 Å². The first-order valence-corrected chi connectivity index (χ1v) is 15.3. The Hall–Kier alpha value is -1.73. The van der Waals surface area contributed by atoms with Crippen LogP contribution in [0.5, 0.6) is 0 Å². The number of amides is 2. The Morgan fingerprint density at radius 2 is 1.55 bits per heavy atom. The molecule has 3 aliphatic rings. The van der Waals surface area contributed by atoms with Crippen LogP contribution >= 0.6 is 11.6 Å². The van der Waals surface area contributed by atoms with Gasteiger partial charge in [-0.2, -0.15) is 0 Å². The summed E-state index contributed by atoms with van der Waals surface area (Å²) >= 11 is 6.16. The molecule has 0 bridgehead atoms. The van der Waals surface area contributed by atoms with E-state index in [-0.39, 0.29) is 40.8 Å². The molecule has 4 rings (SSSR count). The zero-order valence-corrected chi connectivity index (χ0v) is 26.1. The predicted molar refractivity (Wildman–Crippen MR) is 157 cm³/mol. The van der Waals surface area contributed by atoms with Crippen molar-refractivity contribution in [3.05, 3.63) is 34.9 Å². The van der Waals surface area contributed by atoms with E-state index in [4.69, 9.17) is 11.6 Å². The fraction of sp³-hybridized carbons (Fsp3) is 0.750. The van der Waals surface area contributed by atoms with Gasteiger partial charge in [0.15, 0.2) is 0 Å². The van der Waals surface area contributed by atoms with E-state index in [1.807, 2.05) is 29.2 Å². The van der Waals surface area contributed by atoms with E-state index in [0.717, 1.165) is 37.8 Å². The Morgan fingerprint density at radius 1 is 0.950 bits per heavy atom. The van der Waals surface area contributed by atoms with Gasteiger partial charge in [0.05, 0.1) is 12.0 Å². The Morgan fingerprint density at radius 3 is 2.10 bits per heavy atom. The molecule has 1 unspecified atom stereocenters. The van der Waals surface area contributed by atoms with Crippen LogP contribution < -0.4 is 0 Å². The Balaban J connectivity index is 1.56. The highest BCUT2D eigenvalue weighted by Crippen LogP contribution is 2.42. The fourth-order valence-corrected chi connectivity index (χ4v) is 6.90. The fourth-order valence-electron chi connectivity index (χ4n) is 6.77. The lowest BCUT2D eigenvalue weighted by atomic mass is 9.74. The minimum absolute atomic E-state index is 0.0409. The second-order valence-corrected chi connectivity index (χ2v) is 15.1. The average molecular weight is 580 g/mol. The molecule has 1 aliphatic carbocycles. The van der Waals surface area contributed by atoms with Crippen molar-refractivity contribution in [2.24, 2.45) is 16.7 Å². The van der Waals surface area contributed by atoms with E-state index in [2.05, 4.69) is 39.5 Å². The normalized spacial score (nSPS) is 26.5. The first-order chi connectivity index (χ1) is 18.5. The zero-order chi connectivity index (χ0) is 29.6. The van der Waals surface area contributed by atoms with Gasteiger partial charge >= 0.3 is 0 Å². The highest BCUT2D eigenvalue weighted by atomic mass is 35.5. The third-order valence-corrected chi connectivity index (χ3v) is 10.0. The number of hydrogen-bond donors (Lipinski definition) is 0. The van der Waals surface area contributed by atoms with Crippen molar-refractivity contribution in [2.45, 2.75) is 111 Å². The third-order valence-electron chi connectivity index (χ3n) is 9.79. The summed E-state index contributed by atoms with van der Waals surface area (Å²) in [5.74, 6) is -0.555. The Kier molecular flexibility index (Phi) is 8.98. The maximum atomic E-state index is 14.1. The molecule has 224 valence electrons. The van der Waals surface area contributed by atoms with E-state index >= 15 is 0 Å². The van der Waals surface area contributed by atoms with Crippen molar-refractivity contribution in [1.29, 1.82) is 0 Å². The van der Waals surface area contributed by atoms with Gasteiger partial charge in [0.2, 0.25) is 11.8 Å². The summed E-state index contributed by atoms with van der Waals surface area (Å²) in [6.45, 7) is 16.1. The standard InChI is InChI=1S/C32H48ClF2N3O2/c1-30(2,3)37-19-25(21-8-10-22(33)11-9-21)26(20-37)27(39)36-17-14-24(18-36)38(29(40)32(6,7)28(34)35)23-12-15-31(4,5)16-13-23/h8-11,23-26,28H,12-20H2,1-7H3/t24?,25-,26+/m0/s1. The lowest BCUT2D eigenvalue weighted by molar-refractivity contribution is -0.156. The Labute approximate surface area is 244 Å². The molecule has 2 heterocycles.